The summed E-state index contributed by atoms with van der Waals surface area (Å²) in [6.45, 7) is 4.18. The van der Waals surface area contributed by atoms with E-state index < -0.39 is 5.60 Å². The van der Waals surface area contributed by atoms with E-state index in [0.717, 1.165) is 6.42 Å². The van der Waals surface area contributed by atoms with Gasteiger partial charge in [0, 0.05) is 7.11 Å². The molecule has 0 aliphatic rings. The molecule has 2 N–H and O–H groups in total. The highest BCUT2D eigenvalue weighted by Gasteiger charge is 2.29. The van der Waals surface area contributed by atoms with Crippen molar-refractivity contribution in [2.75, 3.05) is 7.11 Å². The van der Waals surface area contributed by atoms with E-state index in [1.54, 1.807) is 7.11 Å². The molecule has 1 unspecified atom stereocenters. The van der Waals surface area contributed by atoms with Crippen LogP contribution in [0, 0.1) is 0 Å². The van der Waals surface area contributed by atoms with Gasteiger partial charge in [0.1, 0.15) is 5.60 Å². The number of rotatable bonds is 4. The van der Waals surface area contributed by atoms with Crippen molar-refractivity contribution in [2.24, 2.45) is 5.73 Å². The average Bonchev–Trinajstić information content (AvgIpc) is 2.65. The van der Waals surface area contributed by atoms with Gasteiger partial charge in [0.05, 0.1) is 6.54 Å². The molecule has 74 valence electrons. The summed E-state index contributed by atoms with van der Waals surface area (Å²) in [6.07, 6.45) is 0.785. The van der Waals surface area contributed by atoms with Gasteiger partial charge in [-0.2, -0.15) is 4.98 Å². The maximum absolute atomic E-state index is 5.35. The third-order valence-electron chi connectivity index (χ3n) is 2.24. The lowest BCUT2D eigenvalue weighted by Gasteiger charge is -2.21. The predicted octanol–water partition coefficient (Wildman–Crippen LogP) is 0.800. The summed E-state index contributed by atoms with van der Waals surface area (Å²) in [6, 6.07) is 0. The lowest BCUT2D eigenvalue weighted by Crippen LogP contribution is -2.24. The van der Waals surface area contributed by atoms with Crippen LogP contribution < -0.4 is 5.73 Å². The van der Waals surface area contributed by atoms with Crippen LogP contribution in [0.2, 0.25) is 0 Å². The molecule has 0 bridgehead atoms. The van der Waals surface area contributed by atoms with E-state index in [9.17, 15) is 0 Å². The number of hydrogen-bond donors (Lipinski definition) is 1. The van der Waals surface area contributed by atoms with Gasteiger partial charge in [0.15, 0.2) is 0 Å². The summed E-state index contributed by atoms with van der Waals surface area (Å²) < 4.78 is 10.2. The van der Waals surface area contributed by atoms with Crippen molar-refractivity contribution in [3.8, 4) is 0 Å². The number of nitrogens with two attached hydrogens (primary N) is 1. The molecule has 1 heterocycles. The first-order valence-electron chi connectivity index (χ1n) is 4.24. The third kappa shape index (κ3) is 1.87. The van der Waals surface area contributed by atoms with Crippen LogP contribution in [-0.4, -0.2) is 17.3 Å². The number of ether oxygens (including phenoxy) is 1. The van der Waals surface area contributed by atoms with Gasteiger partial charge in [-0.3, -0.25) is 0 Å². The van der Waals surface area contributed by atoms with Crippen LogP contribution in [0.15, 0.2) is 4.52 Å². The molecule has 0 aliphatic heterocycles. The van der Waals surface area contributed by atoms with Gasteiger partial charge in [-0.25, -0.2) is 0 Å². The second-order valence-electron chi connectivity index (χ2n) is 3.00. The van der Waals surface area contributed by atoms with Gasteiger partial charge in [-0.1, -0.05) is 12.1 Å². The van der Waals surface area contributed by atoms with Gasteiger partial charge in [-0.15, -0.1) is 0 Å². The van der Waals surface area contributed by atoms with Gasteiger partial charge in [0.2, 0.25) is 11.7 Å². The Labute approximate surface area is 77.3 Å². The van der Waals surface area contributed by atoms with Crippen LogP contribution in [0.1, 0.15) is 32.0 Å². The molecule has 0 saturated heterocycles. The van der Waals surface area contributed by atoms with E-state index in [0.29, 0.717) is 11.7 Å². The Bertz CT molecular complexity index is 268. The van der Waals surface area contributed by atoms with E-state index in [1.807, 2.05) is 13.8 Å². The van der Waals surface area contributed by atoms with E-state index in [4.69, 9.17) is 15.0 Å². The summed E-state index contributed by atoms with van der Waals surface area (Å²) in [4.78, 5) is 4.11. The Hall–Kier alpha value is -0.940. The van der Waals surface area contributed by atoms with Gasteiger partial charge in [-0.05, 0) is 13.3 Å². The monoisotopic (exact) mass is 185 g/mol. The van der Waals surface area contributed by atoms with Crippen molar-refractivity contribution in [1.82, 2.24) is 10.1 Å². The fraction of sp³-hybridized carbons (Fsp3) is 0.750. The second kappa shape index (κ2) is 3.85. The Morgan fingerprint density at radius 3 is 2.69 bits per heavy atom. The van der Waals surface area contributed by atoms with Crippen LogP contribution in [0.25, 0.3) is 0 Å². The molecular formula is C8H15N3O2. The van der Waals surface area contributed by atoms with Crippen molar-refractivity contribution < 1.29 is 9.26 Å². The summed E-state index contributed by atoms with van der Waals surface area (Å²) in [5.74, 6) is 0.990. The Morgan fingerprint density at radius 1 is 1.62 bits per heavy atom. The highest BCUT2D eigenvalue weighted by atomic mass is 16.5. The minimum absolute atomic E-state index is 0.260. The Kier molecular flexibility index (Phi) is 3.00. The molecule has 0 spiro atoms. The third-order valence-corrected chi connectivity index (χ3v) is 2.24. The van der Waals surface area contributed by atoms with E-state index in [-0.39, 0.29) is 6.54 Å². The first-order valence-corrected chi connectivity index (χ1v) is 4.24. The molecule has 1 rings (SSSR count). The number of hydrogen-bond acceptors (Lipinski definition) is 5. The lowest BCUT2D eigenvalue weighted by atomic mass is 10.0. The predicted molar refractivity (Wildman–Crippen MR) is 46.8 cm³/mol. The number of aromatic nitrogens is 2. The smallest absolute Gasteiger partial charge is 0.240 e. The van der Waals surface area contributed by atoms with E-state index in [1.165, 1.54) is 0 Å². The normalized spacial score (nSPS) is 15.7. The van der Waals surface area contributed by atoms with E-state index >= 15 is 0 Å². The van der Waals surface area contributed by atoms with Crippen molar-refractivity contribution in [3.05, 3.63) is 11.7 Å². The van der Waals surface area contributed by atoms with Crippen LogP contribution in [-0.2, 0) is 16.9 Å². The number of nitrogens with zero attached hydrogens (tertiary/aromatic N) is 2. The minimum Gasteiger partial charge on any atom is -0.370 e. The summed E-state index contributed by atoms with van der Waals surface area (Å²) in [5.41, 5.74) is 4.88. The highest BCUT2D eigenvalue weighted by Crippen LogP contribution is 2.25. The minimum atomic E-state index is -0.475. The maximum atomic E-state index is 5.35. The van der Waals surface area contributed by atoms with Gasteiger partial charge in [0.25, 0.3) is 0 Å². The fourth-order valence-corrected chi connectivity index (χ4v) is 0.946. The quantitative estimate of drug-likeness (QED) is 0.751. The summed E-state index contributed by atoms with van der Waals surface area (Å²) >= 11 is 0. The molecule has 0 aromatic carbocycles. The van der Waals surface area contributed by atoms with Gasteiger partial charge >= 0.3 is 0 Å². The van der Waals surface area contributed by atoms with Crippen LogP contribution in [0.5, 0.6) is 0 Å². The zero-order valence-corrected chi connectivity index (χ0v) is 8.20. The summed E-state index contributed by atoms with van der Waals surface area (Å²) in [7, 11) is 1.63. The first-order chi connectivity index (χ1) is 6.16. The average molecular weight is 185 g/mol. The summed E-state index contributed by atoms with van der Waals surface area (Å²) in [5, 5.41) is 3.81. The Morgan fingerprint density at radius 2 is 2.31 bits per heavy atom. The molecule has 0 saturated carbocycles. The molecular weight excluding hydrogens is 170 g/mol. The maximum Gasteiger partial charge on any atom is 0.240 e. The molecule has 1 aromatic heterocycles. The van der Waals surface area contributed by atoms with Crippen LogP contribution in [0.3, 0.4) is 0 Å². The SMILES string of the molecule is CCC(C)(OC)c1noc(CN)n1. The first kappa shape index (κ1) is 10.1. The highest BCUT2D eigenvalue weighted by molar-refractivity contribution is 4.98. The van der Waals surface area contributed by atoms with Crippen molar-refractivity contribution in [3.63, 3.8) is 0 Å². The Balaban J connectivity index is 2.91. The molecule has 1 atom stereocenters. The lowest BCUT2D eigenvalue weighted by molar-refractivity contribution is -0.0106. The number of methoxy groups -OCH3 is 1. The van der Waals surface area contributed by atoms with Crippen LogP contribution in [0.4, 0.5) is 0 Å². The molecule has 0 radical (unpaired) electrons. The molecule has 0 aliphatic carbocycles. The zero-order chi connectivity index (χ0) is 9.90. The van der Waals surface area contributed by atoms with Gasteiger partial charge < -0.3 is 15.0 Å². The van der Waals surface area contributed by atoms with E-state index in [2.05, 4.69) is 10.1 Å². The standard InChI is InChI=1S/C8H15N3O2/c1-4-8(2,12-3)7-10-6(5-9)13-11-7/h4-5,9H2,1-3H3. The van der Waals surface area contributed by atoms with Crippen molar-refractivity contribution in [1.29, 1.82) is 0 Å². The van der Waals surface area contributed by atoms with Crippen LogP contribution >= 0.6 is 0 Å². The largest absolute Gasteiger partial charge is 0.370 e. The molecule has 1 aromatic rings. The molecule has 0 fully saturated rings. The van der Waals surface area contributed by atoms with Crippen molar-refractivity contribution in [2.45, 2.75) is 32.4 Å². The zero-order valence-electron chi connectivity index (χ0n) is 8.20. The second-order valence-corrected chi connectivity index (χ2v) is 3.00. The topological polar surface area (TPSA) is 74.2 Å². The molecule has 5 nitrogen and oxygen atoms in total. The van der Waals surface area contributed by atoms with Crippen molar-refractivity contribution >= 4 is 0 Å². The fourth-order valence-electron chi connectivity index (χ4n) is 0.946. The molecule has 5 heteroatoms. The molecule has 13 heavy (non-hydrogen) atoms. The molecule has 0 amide bonds.